The number of rotatable bonds is 1. The van der Waals surface area contributed by atoms with E-state index in [-0.39, 0.29) is 0 Å². The van der Waals surface area contributed by atoms with Gasteiger partial charge in [0.25, 0.3) is 0 Å². The molecule has 1 rings (SSSR count). The van der Waals surface area contributed by atoms with Gasteiger partial charge in [-0.1, -0.05) is 32.4 Å². The maximum absolute atomic E-state index is 5.82. The lowest BCUT2D eigenvalue weighted by atomic mass is 9.91. The van der Waals surface area contributed by atoms with Crippen LogP contribution in [0.3, 0.4) is 0 Å². The van der Waals surface area contributed by atoms with Crippen molar-refractivity contribution in [1.82, 2.24) is 0 Å². The van der Waals surface area contributed by atoms with Crippen LogP contribution >= 0.6 is 0 Å². The Hall–Kier alpha value is -0.300. The second-order valence-electron chi connectivity index (χ2n) is 5.13. The zero-order chi connectivity index (χ0) is 9.19. The van der Waals surface area contributed by atoms with Gasteiger partial charge in [-0.3, -0.25) is 0 Å². The summed E-state index contributed by atoms with van der Waals surface area (Å²) in [7, 11) is 0. The number of hydrogen-bond acceptors (Lipinski definition) is 1. The number of nitrogens with two attached hydrogens (primary N) is 1. The van der Waals surface area contributed by atoms with E-state index in [2.05, 4.69) is 26.8 Å². The van der Waals surface area contributed by atoms with E-state index in [4.69, 9.17) is 5.73 Å². The quantitative estimate of drug-likeness (QED) is 0.597. The van der Waals surface area contributed by atoms with Crippen molar-refractivity contribution in [3.8, 4) is 0 Å². The first-order valence-electron chi connectivity index (χ1n) is 4.91. The summed E-state index contributed by atoms with van der Waals surface area (Å²) in [5.41, 5.74) is 7.83. The van der Waals surface area contributed by atoms with Crippen molar-refractivity contribution in [2.75, 3.05) is 0 Å². The topological polar surface area (TPSA) is 26.0 Å². The smallest absolute Gasteiger partial charge is 0.00791 e. The second kappa shape index (κ2) is 3.61. The molecule has 1 fully saturated rings. The maximum Gasteiger partial charge on any atom is 0.00791 e. The van der Waals surface area contributed by atoms with Crippen LogP contribution in [0.5, 0.6) is 0 Å². The van der Waals surface area contributed by atoms with Gasteiger partial charge in [0.05, 0.1) is 0 Å². The van der Waals surface area contributed by atoms with Crippen LogP contribution in [0.15, 0.2) is 11.6 Å². The monoisotopic (exact) mass is 167 g/mol. The molecule has 0 aromatic rings. The van der Waals surface area contributed by atoms with Crippen LogP contribution in [0.2, 0.25) is 0 Å². The molecule has 1 aliphatic rings. The molecule has 12 heavy (non-hydrogen) atoms. The molecule has 0 radical (unpaired) electrons. The van der Waals surface area contributed by atoms with Crippen molar-refractivity contribution in [2.24, 2.45) is 11.1 Å². The third-order valence-corrected chi connectivity index (χ3v) is 2.36. The summed E-state index contributed by atoms with van der Waals surface area (Å²) >= 11 is 0. The van der Waals surface area contributed by atoms with Crippen LogP contribution in [0.1, 0.15) is 46.5 Å². The van der Waals surface area contributed by atoms with E-state index in [1.54, 1.807) is 5.57 Å². The van der Waals surface area contributed by atoms with E-state index < -0.39 is 0 Å². The van der Waals surface area contributed by atoms with Crippen molar-refractivity contribution >= 4 is 0 Å². The third-order valence-electron chi connectivity index (χ3n) is 2.36. The zero-order valence-corrected chi connectivity index (χ0v) is 8.56. The lowest BCUT2D eigenvalue weighted by Crippen LogP contribution is -2.13. The van der Waals surface area contributed by atoms with Gasteiger partial charge in [-0.2, -0.15) is 0 Å². The highest BCUT2D eigenvalue weighted by atomic mass is 14.6. The molecule has 0 bridgehead atoms. The van der Waals surface area contributed by atoms with Gasteiger partial charge in [-0.15, -0.1) is 0 Å². The Morgan fingerprint density at radius 1 is 1.50 bits per heavy atom. The van der Waals surface area contributed by atoms with Crippen molar-refractivity contribution in [2.45, 2.75) is 52.5 Å². The molecule has 1 atom stereocenters. The van der Waals surface area contributed by atoms with Gasteiger partial charge in [-0.05, 0) is 31.1 Å². The van der Waals surface area contributed by atoms with Gasteiger partial charge in [0.15, 0.2) is 0 Å². The summed E-state index contributed by atoms with van der Waals surface area (Å²) in [4.78, 5) is 0. The molecule has 0 amide bonds. The Morgan fingerprint density at radius 2 is 2.17 bits per heavy atom. The molecule has 1 heteroatoms. The minimum atomic E-state index is 0.430. The summed E-state index contributed by atoms with van der Waals surface area (Å²) in [5.74, 6) is 0. The molecule has 2 N–H and O–H groups in total. The van der Waals surface area contributed by atoms with Crippen molar-refractivity contribution in [3.05, 3.63) is 11.6 Å². The number of allylic oxidation sites excluding steroid dienone is 1. The SMILES string of the molecule is CC(C)(C)CC=C1CCC(N)C1. The van der Waals surface area contributed by atoms with E-state index in [1.165, 1.54) is 19.3 Å². The van der Waals surface area contributed by atoms with Crippen LogP contribution in [0.25, 0.3) is 0 Å². The molecule has 0 saturated heterocycles. The molecule has 70 valence electrons. The molecule has 0 spiro atoms. The molecule has 1 unspecified atom stereocenters. The minimum absolute atomic E-state index is 0.430. The Kier molecular flexibility index (Phi) is 2.94. The lowest BCUT2D eigenvalue weighted by molar-refractivity contribution is 0.419. The average molecular weight is 167 g/mol. The fourth-order valence-electron chi connectivity index (χ4n) is 1.55. The van der Waals surface area contributed by atoms with E-state index in [9.17, 15) is 0 Å². The Bertz CT molecular complexity index is 174. The normalized spacial score (nSPS) is 28.3. The van der Waals surface area contributed by atoms with Gasteiger partial charge in [0.1, 0.15) is 0 Å². The molecule has 1 aliphatic carbocycles. The molecule has 0 aliphatic heterocycles. The van der Waals surface area contributed by atoms with Crippen LogP contribution in [-0.4, -0.2) is 6.04 Å². The van der Waals surface area contributed by atoms with Crippen molar-refractivity contribution in [3.63, 3.8) is 0 Å². The van der Waals surface area contributed by atoms with E-state index in [0.29, 0.717) is 11.5 Å². The summed E-state index contributed by atoms with van der Waals surface area (Å²) < 4.78 is 0. The largest absolute Gasteiger partial charge is 0.327 e. The van der Waals surface area contributed by atoms with E-state index in [0.717, 1.165) is 6.42 Å². The number of hydrogen-bond donors (Lipinski definition) is 1. The summed E-state index contributed by atoms with van der Waals surface area (Å²) in [6, 6.07) is 0.441. The standard InChI is InChI=1S/C11H21N/c1-11(2,3)7-6-9-4-5-10(12)8-9/h6,10H,4-5,7-8,12H2,1-3H3. The second-order valence-corrected chi connectivity index (χ2v) is 5.13. The van der Waals surface area contributed by atoms with Crippen LogP contribution in [0, 0.1) is 5.41 Å². The fourth-order valence-corrected chi connectivity index (χ4v) is 1.55. The van der Waals surface area contributed by atoms with Gasteiger partial charge in [-0.25, -0.2) is 0 Å². The van der Waals surface area contributed by atoms with Gasteiger partial charge in [0.2, 0.25) is 0 Å². The molecular formula is C11H21N. The highest BCUT2D eigenvalue weighted by Gasteiger charge is 2.16. The first-order valence-corrected chi connectivity index (χ1v) is 4.91. The first-order chi connectivity index (χ1) is 5.47. The van der Waals surface area contributed by atoms with E-state index in [1.807, 2.05) is 0 Å². The Morgan fingerprint density at radius 3 is 2.58 bits per heavy atom. The fraction of sp³-hybridized carbons (Fsp3) is 0.818. The molecule has 1 saturated carbocycles. The van der Waals surface area contributed by atoms with Crippen molar-refractivity contribution in [1.29, 1.82) is 0 Å². The summed E-state index contributed by atoms with van der Waals surface area (Å²) in [5, 5.41) is 0. The van der Waals surface area contributed by atoms with Crippen LogP contribution in [-0.2, 0) is 0 Å². The molecule has 0 aromatic heterocycles. The third kappa shape index (κ3) is 3.40. The van der Waals surface area contributed by atoms with E-state index >= 15 is 0 Å². The molecule has 0 heterocycles. The predicted molar refractivity (Wildman–Crippen MR) is 54.0 cm³/mol. The van der Waals surface area contributed by atoms with Crippen molar-refractivity contribution < 1.29 is 0 Å². The first kappa shape index (κ1) is 9.79. The lowest BCUT2D eigenvalue weighted by Gasteiger charge is -2.15. The molecule has 0 aromatic carbocycles. The van der Waals surface area contributed by atoms with Crippen LogP contribution in [0.4, 0.5) is 0 Å². The van der Waals surface area contributed by atoms with Gasteiger partial charge < -0.3 is 5.73 Å². The molecular weight excluding hydrogens is 146 g/mol. The highest BCUT2D eigenvalue weighted by Crippen LogP contribution is 2.27. The highest BCUT2D eigenvalue weighted by molar-refractivity contribution is 5.10. The summed E-state index contributed by atoms with van der Waals surface area (Å²) in [6.07, 6.45) is 7.14. The predicted octanol–water partition coefficient (Wildman–Crippen LogP) is 2.86. The average Bonchev–Trinajstić information content (AvgIpc) is 2.30. The summed E-state index contributed by atoms with van der Waals surface area (Å²) in [6.45, 7) is 6.83. The van der Waals surface area contributed by atoms with Crippen LogP contribution < -0.4 is 5.73 Å². The zero-order valence-electron chi connectivity index (χ0n) is 8.56. The Balaban J connectivity index is 2.38. The van der Waals surface area contributed by atoms with Gasteiger partial charge >= 0.3 is 0 Å². The van der Waals surface area contributed by atoms with Gasteiger partial charge in [0, 0.05) is 6.04 Å². The Labute approximate surface area is 76.0 Å². The minimum Gasteiger partial charge on any atom is -0.327 e. The maximum atomic E-state index is 5.82. The molecule has 1 nitrogen and oxygen atoms in total.